The van der Waals surface area contributed by atoms with Crippen molar-refractivity contribution in [2.24, 2.45) is 0 Å². The molecular formula is C22H23NO2. The van der Waals surface area contributed by atoms with Crippen molar-refractivity contribution in [3.63, 3.8) is 0 Å². The molecule has 0 saturated carbocycles. The molecule has 1 atom stereocenters. The number of rotatable bonds is 5. The summed E-state index contributed by atoms with van der Waals surface area (Å²) in [5, 5.41) is 11.1. The molecule has 0 aliphatic carbocycles. The van der Waals surface area contributed by atoms with Crippen molar-refractivity contribution >= 4 is 11.6 Å². The van der Waals surface area contributed by atoms with Crippen LogP contribution < -0.4 is 4.90 Å². The molecule has 0 fully saturated rings. The molecule has 1 amide bonds. The molecule has 1 N–H and O–H groups in total. The van der Waals surface area contributed by atoms with Gasteiger partial charge < -0.3 is 10.0 Å². The number of amides is 1. The molecular weight excluding hydrogens is 310 g/mol. The SMILES string of the molecule is CCCCCCN1C(=O)C(O)(C#Cc2ccccc2)c2ccccc21. The molecule has 3 heteroatoms. The van der Waals surface area contributed by atoms with E-state index in [-0.39, 0.29) is 5.91 Å². The molecule has 2 aromatic rings. The summed E-state index contributed by atoms with van der Waals surface area (Å²) in [6.07, 6.45) is 4.31. The molecule has 1 unspecified atom stereocenters. The number of carbonyl (C=O) groups excluding carboxylic acids is 1. The van der Waals surface area contributed by atoms with Gasteiger partial charge in [0.05, 0.1) is 5.69 Å². The number of anilines is 1. The van der Waals surface area contributed by atoms with Crippen molar-refractivity contribution in [1.82, 2.24) is 0 Å². The van der Waals surface area contributed by atoms with Crippen LogP contribution in [-0.4, -0.2) is 17.6 Å². The van der Waals surface area contributed by atoms with Gasteiger partial charge >= 0.3 is 0 Å². The highest BCUT2D eigenvalue weighted by atomic mass is 16.3. The fraction of sp³-hybridized carbons (Fsp3) is 0.318. The lowest BCUT2D eigenvalue weighted by Gasteiger charge is -2.19. The van der Waals surface area contributed by atoms with Crippen molar-refractivity contribution < 1.29 is 9.90 Å². The second kappa shape index (κ2) is 7.55. The summed E-state index contributed by atoms with van der Waals surface area (Å²) in [5.41, 5.74) is 0.368. The molecule has 0 radical (unpaired) electrons. The van der Waals surface area contributed by atoms with Gasteiger partial charge in [-0.3, -0.25) is 4.79 Å². The van der Waals surface area contributed by atoms with Crippen LogP contribution >= 0.6 is 0 Å². The van der Waals surface area contributed by atoms with E-state index in [4.69, 9.17) is 0 Å². The van der Waals surface area contributed by atoms with Gasteiger partial charge in [-0.2, -0.15) is 0 Å². The lowest BCUT2D eigenvalue weighted by atomic mass is 9.95. The Hall–Kier alpha value is -2.57. The maximum Gasteiger partial charge on any atom is 0.276 e. The molecule has 0 aromatic heterocycles. The Labute approximate surface area is 149 Å². The van der Waals surface area contributed by atoms with E-state index >= 15 is 0 Å². The summed E-state index contributed by atoms with van der Waals surface area (Å²) < 4.78 is 0. The topological polar surface area (TPSA) is 40.5 Å². The first-order chi connectivity index (χ1) is 12.2. The van der Waals surface area contributed by atoms with E-state index in [1.165, 1.54) is 0 Å². The molecule has 128 valence electrons. The summed E-state index contributed by atoms with van der Waals surface area (Å²) in [7, 11) is 0. The Kier molecular flexibility index (Phi) is 5.21. The van der Waals surface area contributed by atoms with Crippen molar-refractivity contribution in [3.05, 3.63) is 65.7 Å². The number of aliphatic hydroxyl groups is 1. The van der Waals surface area contributed by atoms with Gasteiger partial charge in [-0.25, -0.2) is 0 Å². The van der Waals surface area contributed by atoms with Crippen LogP contribution in [0.2, 0.25) is 0 Å². The monoisotopic (exact) mass is 333 g/mol. The summed E-state index contributed by atoms with van der Waals surface area (Å²) in [6, 6.07) is 16.8. The minimum atomic E-state index is -1.77. The summed E-state index contributed by atoms with van der Waals surface area (Å²) >= 11 is 0. The molecule has 0 saturated heterocycles. The van der Waals surface area contributed by atoms with Gasteiger partial charge in [-0.15, -0.1) is 0 Å². The summed E-state index contributed by atoms with van der Waals surface area (Å²) in [4.78, 5) is 14.6. The standard InChI is InChI=1S/C22H23NO2/c1-2-3-4-10-17-23-20-14-9-8-13-19(20)22(25,21(23)24)16-15-18-11-6-5-7-12-18/h5-9,11-14,25H,2-4,10,17H2,1H3. The average molecular weight is 333 g/mol. The largest absolute Gasteiger partial charge is 0.366 e. The minimum absolute atomic E-state index is 0.339. The second-order valence-corrected chi connectivity index (χ2v) is 6.36. The Morgan fingerprint density at radius 3 is 2.48 bits per heavy atom. The molecule has 3 nitrogen and oxygen atoms in total. The summed E-state index contributed by atoms with van der Waals surface area (Å²) in [5.74, 6) is 5.43. The highest BCUT2D eigenvalue weighted by Gasteiger charge is 2.48. The zero-order valence-electron chi connectivity index (χ0n) is 14.5. The molecule has 0 bridgehead atoms. The number of unbranched alkanes of at least 4 members (excludes halogenated alkanes) is 3. The van der Waals surface area contributed by atoms with Gasteiger partial charge in [0.1, 0.15) is 0 Å². The van der Waals surface area contributed by atoms with Gasteiger partial charge in [0.25, 0.3) is 5.91 Å². The smallest absolute Gasteiger partial charge is 0.276 e. The van der Waals surface area contributed by atoms with E-state index in [9.17, 15) is 9.90 Å². The van der Waals surface area contributed by atoms with Crippen LogP contribution in [0.15, 0.2) is 54.6 Å². The predicted molar refractivity (Wildman–Crippen MR) is 100 cm³/mol. The van der Waals surface area contributed by atoms with Gasteiger partial charge in [0.15, 0.2) is 0 Å². The predicted octanol–water partition coefficient (Wildman–Crippen LogP) is 3.85. The zero-order chi connectivity index (χ0) is 17.7. The van der Waals surface area contributed by atoms with Gasteiger partial charge in [-0.1, -0.05) is 68.5 Å². The first kappa shape index (κ1) is 17.3. The van der Waals surface area contributed by atoms with Crippen LogP contribution in [0.4, 0.5) is 5.69 Å². The van der Waals surface area contributed by atoms with Crippen molar-refractivity contribution in [2.45, 2.75) is 38.2 Å². The van der Waals surface area contributed by atoms with E-state index in [1.807, 2.05) is 48.5 Å². The van der Waals surface area contributed by atoms with Gasteiger partial charge in [0, 0.05) is 17.7 Å². The van der Waals surface area contributed by atoms with Crippen molar-refractivity contribution in [1.29, 1.82) is 0 Å². The molecule has 2 aromatic carbocycles. The molecule has 1 aliphatic rings. The van der Waals surface area contributed by atoms with Crippen molar-refractivity contribution in [2.75, 3.05) is 11.4 Å². The highest BCUT2D eigenvalue weighted by molar-refractivity contribution is 6.09. The van der Waals surface area contributed by atoms with Crippen LogP contribution in [0, 0.1) is 11.8 Å². The normalized spacial score (nSPS) is 18.6. The lowest BCUT2D eigenvalue weighted by Crippen LogP contribution is -2.39. The Balaban J connectivity index is 1.90. The Morgan fingerprint density at radius 1 is 1.00 bits per heavy atom. The third-order valence-electron chi connectivity index (χ3n) is 4.54. The number of hydrogen-bond acceptors (Lipinski definition) is 2. The van der Waals surface area contributed by atoms with E-state index in [0.29, 0.717) is 12.1 Å². The highest BCUT2D eigenvalue weighted by Crippen LogP contribution is 2.40. The number of carbonyl (C=O) groups is 1. The maximum absolute atomic E-state index is 12.9. The van der Waals surface area contributed by atoms with Crippen LogP contribution in [0.25, 0.3) is 0 Å². The quantitative estimate of drug-likeness (QED) is 0.667. The van der Waals surface area contributed by atoms with E-state index in [0.717, 1.165) is 36.9 Å². The van der Waals surface area contributed by atoms with Gasteiger partial charge in [-0.05, 0) is 30.5 Å². The van der Waals surface area contributed by atoms with E-state index in [2.05, 4.69) is 18.8 Å². The molecule has 3 rings (SSSR count). The second-order valence-electron chi connectivity index (χ2n) is 6.36. The third-order valence-corrected chi connectivity index (χ3v) is 4.54. The fourth-order valence-electron chi connectivity index (χ4n) is 3.16. The van der Waals surface area contributed by atoms with E-state index in [1.54, 1.807) is 11.0 Å². The number of hydrogen-bond donors (Lipinski definition) is 1. The number of benzene rings is 2. The zero-order valence-corrected chi connectivity index (χ0v) is 14.5. The summed E-state index contributed by atoms with van der Waals surface area (Å²) in [6.45, 7) is 2.78. The van der Waals surface area contributed by atoms with Crippen LogP contribution in [0.5, 0.6) is 0 Å². The van der Waals surface area contributed by atoms with Crippen LogP contribution in [-0.2, 0) is 10.4 Å². The maximum atomic E-state index is 12.9. The first-order valence-electron chi connectivity index (χ1n) is 8.89. The fourth-order valence-corrected chi connectivity index (χ4v) is 3.16. The number of para-hydroxylation sites is 1. The minimum Gasteiger partial charge on any atom is -0.366 e. The van der Waals surface area contributed by atoms with E-state index < -0.39 is 5.60 Å². The van der Waals surface area contributed by atoms with Crippen molar-refractivity contribution in [3.8, 4) is 11.8 Å². The molecule has 1 heterocycles. The van der Waals surface area contributed by atoms with Crippen LogP contribution in [0.1, 0.15) is 43.7 Å². The number of fused-ring (bicyclic) bond motifs is 1. The number of nitrogens with zero attached hydrogens (tertiary/aromatic N) is 1. The Bertz CT molecular complexity index is 804. The Morgan fingerprint density at radius 2 is 1.72 bits per heavy atom. The molecule has 25 heavy (non-hydrogen) atoms. The van der Waals surface area contributed by atoms with Gasteiger partial charge in [0.2, 0.25) is 5.60 Å². The average Bonchev–Trinajstić information content (AvgIpc) is 2.87. The van der Waals surface area contributed by atoms with Crippen LogP contribution in [0.3, 0.4) is 0 Å². The molecule has 1 aliphatic heterocycles. The third kappa shape index (κ3) is 3.45. The molecule has 0 spiro atoms. The lowest BCUT2D eigenvalue weighted by molar-refractivity contribution is -0.130. The first-order valence-corrected chi connectivity index (χ1v) is 8.89.